The molecule has 8 heteroatoms. The zero-order valence-electron chi connectivity index (χ0n) is 18.2. The van der Waals surface area contributed by atoms with Gasteiger partial charge in [-0.1, -0.05) is 13.8 Å². The van der Waals surface area contributed by atoms with Crippen molar-refractivity contribution in [1.29, 1.82) is 5.26 Å². The number of hydrogen-bond donors (Lipinski definition) is 1. The summed E-state index contributed by atoms with van der Waals surface area (Å²) in [6.45, 7) is 9.48. The van der Waals surface area contributed by atoms with E-state index in [2.05, 4.69) is 15.4 Å². The van der Waals surface area contributed by atoms with Crippen LogP contribution in [0.25, 0.3) is 11.0 Å². The number of fused-ring (bicyclic) bond motifs is 1. The zero-order valence-corrected chi connectivity index (χ0v) is 18.2. The van der Waals surface area contributed by atoms with Gasteiger partial charge in [0, 0.05) is 17.4 Å². The van der Waals surface area contributed by atoms with Gasteiger partial charge in [0.05, 0.1) is 28.8 Å². The minimum Gasteiger partial charge on any atom is -0.449 e. The molecule has 2 heterocycles. The number of carbonyl (C=O) groups excluding carboxylic acids is 2. The molecule has 2 aromatic heterocycles. The maximum Gasteiger partial charge on any atom is 0.339 e. The monoisotopic (exact) mass is 419 g/mol. The minimum absolute atomic E-state index is 0.0772. The van der Waals surface area contributed by atoms with Gasteiger partial charge in [-0.2, -0.15) is 10.4 Å². The molecule has 0 saturated carbocycles. The second kappa shape index (κ2) is 8.96. The molecule has 3 rings (SSSR count). The lowest BCUT2D eigenvalue weighted by Gasteiger charge is -2.15. The molecule has 0 fully saturated rings. The molecule has 31 heavy (non-hydrogen) atoms. The highest BCUT2D eigenvalue weighted by Gasteiger charge is 2.24. The first-order valence-electron chi connectivity index (χ1n) is 10.1. The first kappa shape index (κ1) is 22.0. The Labute approximate surface area is 180 Å². The molecule has 160 valence electrons. The molecule has 1 aromatic carbocycles. The Morgan fingerprint density at radius 1 is 1.13 bits per heavy atom. The Bertz CT molecular complexity index is 1160. The van der Waals surface area contributed by atoms with Crippen molar-refractivity contribution in [2.75, 3.05) is 5.32 Å². The number of hydrogen-bond acceptors (Lipinski definition) is 6. The third kappa shape index (κ3) is 4.72. The number of amides is 1. The topological polar surface area (TPSA) is 110 Å². The number of esters is 1. The van der Waals surface area contributed by atoms with Crippen molar-refractivity contribution in [2.24, 2.45) is 0 Å². The second-order valence-electron chi connectivity index (χ2n) is 7.90. The van der Waals surface area contributed by atoms with E-state index in [9.17, 15) is 9.59 Å². The molecule has 0 aliphatic heterocycles. The van der Waals surface area contributed by atoms with Gasteiger partial charge in [0.2, 0.25) is 0 Å². The lowest BCUT2D eigenvalue weighted by atomic mass is 10.1. The van der Waals surface area contributed by atoms with E-state index >= 15 is 0 Å². The molecule has 1 atom stereocenters. The van der Waals surface area contributed by atoms with Gasteiger partial charge >= 0.3 is 5.97 Å². The fourth-order valence-corrected chi connectivity index (χ4v) is 3.03. The van der Waals surface area contributed by atoms with Gasteiger partial charge in [-0.05, 0) is 57.0 Å². The van der Waals surface area contributed by atoms with E-state index in [1.54, 1.807) is 41.2 Å². The molecular weight excluding hydrogens is 394 g/mol. The molecule has 0 aliphatic carbocycles. The van der Waals surface area contributed by atoms with Gasteiger partial charge in [0.15, 0.2) is 11.8 Å². The van der Waals surface area contributed by atoms with E-state index < -0.39 is 18.0 Å². The van der Waals surface area contributed by atoms with Crippen LogP contribution in [-0.4, -0.2) is 32.7 Å². The summed E-state index contributed by atoms with van der Waals surface area (Å²) in [5, 5.41) is 16.5. The highest BCUT2D eigenvalue weighted by molar-refractivity contribution is 6.04. The second-order valence-corrected chi connectivity index (χ2v) is 7.90. The lowest BCUT2D eigenvalue weighted by Crippen LogP contribution is -2.30. The molecule has 1 amide bonds. The first-order chi connectivity index (χ1) is 14.7. The van der Waals surface area contributed by atoms with Crippen LogP contribution in [0, 0.1) is 11.3 Å². The molecule has 0 bridgehead atoms. The normalized spacial score (nSPS) is 12.1. The van der Waals surface area contributed by atoms with Crippen molar-refractivity contribution in [3.05, 3.63) is 53.3 Å². The smallest absolute Gasteiger partial charge is 0.339 e. The first-order valence-corrected chi connectivity index (χ1v) is 10.1. The number of ether oxygens (including phenoxy) is 1. The number of carbonyl (C=O) groups is 2. The van der Waals surface area contributed by atoms with Crippen LogP contribution in [0.3, 0.4) is 0 Å². The Morgan fingerprint density at radius 3 is 2.39 bits per heavy atom. The Balaban J connectivity index is 1.83. The average molecular weight is 419 g/mol. The molecule has 8 nitrogen and oxygen atoms in total. The predicted octanol–water partition coefficient (Wildman–Crippen LogP) is 4.19. The minimum atomic E-state index is -1.02. The molecule has 3 aromatic rings. The number of nitriles is 1. The summed E-state index contributed by atoms with van der Waals surface area (Å²) in [6.07, 6.45) is 0.582. The third-order valence-electron chi connectivity index (χ3n) is 4.82. The summed E-state index contributed by atoms with van der Waals surface area (Å²) in [6, 6.07) is 10.2. The number of rotatable bonds is 6. The largest absolute Gasteiger partial charge is 0.449 e. The maximum atomic E-state index is 13.0. The number of aromatic nitrogens is 3. The number of benzene rings is 1. The Morgan fingerprint density at radius 2 is 1.81 bits per heavy atom. The molecule has 0 radical (unpaired) electrons. The van der Waals surface area contributed by atoms with Gasteiger partial charge in [-0.3, -0.25) is 4.79 Å². The van der Waals surface area contributed by atoms with Crippen LogP contribution >= 0.6 is 0 Å². The third-order valence-corrected chi connectivity index (χ3v) is 4.82. The van der Waals surface area contributed by atoms with Crippen molar-refractivity contribution in [3.63, 3.8) is 0 Å². The average Bonchev–Trinajstić information content (AvgIpc) is 3.17. The van der Waals surface area contributed by atoms with E-state index in [1.165, 1.54) is 6.92 Å². The van der Waals surface area contributed by atoms with Gasteiger partial charge < -0.3 is 10.1 Å². The number of anilines is 1. The van der Waals surface area contributed by atoms with Crippen LogP contribution in [0.4, 0.5) is 5.69 Å². The van der Waals surface area contributed by atoms with Crippen molar-refractivity contribution in [1.82, 2.24) is 14.8 Å². The van der Waals surface area contributed by atoms with E-state index in [4.69, 9.17) is 10.00 Å². The fourth-order valence-electron chi connectivity index (χ4n) is 3.03. The van der Waals surface area contributed by atoms with Gasteiger partial charge in [-0.15, -0.1) is 0 Å². The summed E-state index contributed by atoms with van der Waals surface area (Å²) >= 11 is 0. The molecule has 0 saturated heterocycles. The van der Waals surface area contributed by atoms with Crippen LogP contribution in [-0.2, 0) is 9.53 Å². The van der Waals surface area contributed by atoms with Crippen LogP contribution in [0.5, 0.6) is 0 Å². The van der Waals surface area contributed by atoms with Gasteiger partial charge in [0.1, 0.15) is 0 Å². The zero-order chi connectivity index (χ0) is 22.7. The summed E-state index contributed by atoms with van der Waals surface area (Å²) in [5.41, 5.74) is 2.69. The van der Waals surface area contributed by atoms with Crippen molar-refractivity contribution < 1.29 is 14.3 Å². The summed E-state index contributed by atoms with van der Waals surface area (Å²) in [7, 11) is 0. The van der Waals surface area contributed by atoms with Crippen molar-refractivity contribution in [3.8, 4) is 6.07 Å². The molecule has 0 aliphatic rings. The van der Waals surface area contributed by atoms with Gasteiger partial charge in [-0.25, -0.2) is 14.5 Å². The number of nitrogens with one attached hydrogen (secondary N) is 1. The maximum absolute atomic E-state index is 13.0. The number of pyridine rings is 1. The highest BCUT2D eigenvalue weighted by Crippen LogP contribution is 2.25. The fraction of sp³-hybridized carbons (Fsp3) is 0.348. The molecule has 1 N–H and O–H groups in total. The van der Waals surface area contributed by atoms with Crippen molar-refractivity contribution in [2.45, 2.75) is 52.7 Å². The number of nitrogens with zero attached hydrogens (tertiary/aromatic N) is 4. The van der Waals surface area contributed by atoms with Crippen LogP contribution in [0.2, 0.25) is 0 Å². The van der Waals surface area contributed by atoms with Gasteiger partial charge in [0.25, 0.3) is 5.91 Å². The molecule has 0 unspecified atom stereocenters. The Hall–Kier alpha value is -3.73. The predicted molar refractivity (Wildman–Crippen MR) is 117 cm³/mol. The van der Waals surface area contributed by atoms with E-state index in [1.807, 2.05) is 33.8 Å². The molecule has 0 spiro atoms. The van der Waals surface area contributed by atoms with Crippen LogP contribution < -0.4 is 5.32 Å². The van der Waals surface area contributed by atoms with Crippen LogP contribution in [0.1, 0.15) is 68.2 Å². The van der Waals surface area contributed by atoms with Crippen LogP contribution in [0.15, 0.2) is 36.5 Å². The SMILES string of the molecule is CC(C)c1cc(C(=O)O[C@@H](C)C(=O)Nc2ccc(C#N)cc2)c2cnn(C(C)C)c2n1. The van der Waals surface area contributed by atoms with E-state index in [0.29, 0.717) is 27.8 Å². The summed E-state index contributed by atoms with van der Waals surface area (Å²) in [5.74, 6) is -0.978. The summed E-state index contributed by atoms with van der Waals surface area (Å²) in [4.78, 5) is 30.1. The lowest BCUT2D eigenvalue weighted by molar-refractivity contribution is -0.123. The quantitative estimate of drug-likeness (QED) is 0.600. The molecular formula is C23H25N5O3. The van der Waals surface area contributed by atoms with Crippen molar-refractivity contribution >= 4 is 28.6 Å². The van der Waals surface area contributed by atoms with E-state index in [0.717, 1.165) is 5.69 Å². The van der Waals surface area contributed by atoms with E-state index in [-0.39, 0.29) is 12.0 Å². The standard InChI is InChI=1S/C23H25N5O3/c1-13(2)20-10-18(19-12-25-28(14(3)4)21(19)27-20)23(30)31-15(5)22(29)26-17-8-6-16(11-24)7-9-17/h6-10,12-15H,1-5H3,(H,26,29)/t15-/m0/s1. The Kier molecular flexibility index (Phi) is 6.35. The summed E-state index contributed by atoms with van der Waals surface area (Å²) < 4.78 is 7.22. The highest BCUT2D eigenvalue weighted by atomic mass is 16.5.